The lowest BCUT2D eigenvalue weighted by atomic mass is 9.97. The van der Waals surface area contributed by atoms with Crippen LogP contribution in [0.1, 0.15) is 41.3 Å². The Kier molecular flexibility index (Phi) is 6.85. The molecule has 1 atom stereocenters. The van der Waals surface area contributed by atoms with E-state index >= 15 is 0 Å². The van der Waals surface area contributed by atoms with E-state index in [1.54, 1.807) is 42.2 Å². The number of nitrogens with zero attached hydrogens (tertiary/aromatic N) is 2. The maximum Gasteiger partial charge on any atom is 0.310 e. The maximum atomic E-state index is 12.9. The van der Waals surface area contributed by atoms with Crippen LogP contribution in [-0.2, 0) is 16.1 Å². The van der Waals surface area contributed by atoms with Crippen molar-refractivity contribution in [3.8, 4) is 11.8 Å². The van der Waals surface area contributed by atoms with Crippen LogP contribution >= 0.6 is 0 Å². The fourth-order valence-corrected chi connectivity index (χ4v) is 3.43. The molecule has 0 spiro atoms. The van der Waals surface area contributed by atoms with E-state index in [1.807, 2.05) is 18.2 Å². The Morgan fingerprint density at radius 3 is 2.83 bits per heavy atom. The minimum Gasteiger partial charge on any atom is -0.489 e. The van der Waals surface area contributed by atoms with Gasteiger partial charge in [0, 0.05) is 24.2 Å². The maximum absolute atomic E-state index is 12.9. The van der Waals surface area contributed by atoms with Crippen molar-refractivity contribution >= 4 is 11.9 Å². The lowest BCUT2D eigenvalue weighted by molar-refractivity contribution is -0.149. The molecule has 0 N–H and O–H groups in total. The largest absolute Gasteiger partial charge is 0.489 e. The Morgan fingerprint density at radius 2 is 2.03 bits per heavy atom. The first-order chi connectivity index (χ1) is 14.1. The van der Waals surface area contributed by atoms with E-state index in [-0.39, 0.29) is 24.4 Å². The van der Waals surface area contributed by atoms with Crippen molar-refractivity contribution in [3.63, 3.8) is 0 Å². The van der Waals surface area contributed by atoms with Gasteiger partial charge in [-0.2, -0.15) is 5.26 Å². The van der Waals surface area contributed by atoms with Crippen molar-refractivity contribution in [2.24, 2.45) is 5.92 Å². The second-order valence-electron chi connectivity index (χ2n) is 6.93. The van der Waals surface area contributed by atoms with E-state index in [0.717, 1.165) is 18.4 Å². The van der Waals surface area contributed by atoms with E-state index < -0.39 is 0 Å². The zero-order chi connectivity index (χ0) is 20.6. The number of esters is 1. The van der Waals surface area contributed by atoms with Crippen LogP contribution in [0.3, 0.4) is 0 Å². The molecular weight excluding hydrogens is 368 g/mol. The highest BCUT2D eigenvalue weighted by Gasteiger charge is 2.29. The molecule has 29 heavy (non-hydrogen) atoms. The fourth-order valence-electron chi connectivity index (χ4n) is 3.43. The van der Waals surface area contributed by atoms with Gasteiger partial charge in [-0.3, -0.25) is 9.59 Å². The molecule has 1 fully saturated rings. The van der Waals surface area contributed by atoms with E-state index in [2.05, 4.69) is 6.07 Å². The van der Waals surface area contributed by atoms with Gasteiger partial charge >= 0.3 is 5.97 Å². The highest BCUT2D eigenvalue weighted by Crippen LogP contribution is 2.22. The molecule has 150 valence electrons. The molecule has 1 aliphatic heterocycles. The molecule has 0 bridgehead atoms. The molecule has 0 saturated carbocycles. The summed E-state index contributed by atoms with van der Waals surface area (Å²) in [4.78, 5) is 26.7. The average molecular weight is 392 g/mol. The summed E-state index contributed by atoms with van der Waals surface area (Å²) in [6.45, 7) is 3.37. The van der Waals surface area contributed by atoms with Gasteiger partial charge in [-0.15, -0.1) is 0 Å². The summed E-state index contributed by atoms with van der Waals surface area (Å²) in [5, 5.41) is 9.18. The highest BCUT2D eigenvalue weighted by atomic mass is 16.5. The molecular formula is C23H24N2O4. The van der Waals surface area contributed by atoms with E-state index in [9.17, 15) is 14.9 Å². The van der Waals surface area contributed by atoms with Crippen molar-refractivity contribution in [3.05, 3.63) is 65.2 Å². The third kappa shape index (κ3) is 5.14. The van der Waals surface area contributed by atoms with Gasteiger partial charge in [0.2, 0.25) is 0 Å². The van der Waals surface area contributed by atoms with Gasteiger partial charge in [0.05, 0.1) is 24.2 Å². The molecule has 1 amide bonds. The lowest BCUT2D eigenvalue weighted by Gasteiger charge is -2.31. The van der Waals surface area contributed by atoms with Crippen molar-refractivity contribution in [1.82, 2.24) is 4.90 Å². The summed E-state index contributed by atoms with van der Waals surface area (Å²) >= 11 is 0. The second-order valence-corrected chi connectivity index (χ2v) is 6.93. The predicted molar refractivity (Wildman–Crippen MR) is 107 cm³/mol. The number of ether oxygens (including phenoxy) is 2. The first-order valence-electron chi connectivity index (χ1n) is 9.79. The van der Waals surface area contributed by atoms with Gasteiger partial charge in [-0.25, -0.2) is 0 Å². The number of benzene rings is 2. The van der Waals surface area contributed by atoms with Crippen LogP contribution in [0, 0.1) is 17.2 Å². The number of hydrogen-bond donors (Lipinski definition) is 0. The molecule has 1 heterocycles. The molecule has 6 nitrogen and oxygen atoms in total. The predicted octanol–water partition coefficient (Wildman–Crippen LogP) is 3.55. The Balaban J connectivity index is 1.66. The summed E-state index contributed by atoms with van der Waals surface area (Å²) in [5.41, 5.74) is 1.87. The van der Waals surface area contributed by atoms with Crippen molar-refractivity contribution in [1.29, 1.82) is 5.26 Å². The van der Waals surface area contributed by atoms with Crippen molar-refractivity contribution in [2.75, 3.05) is 19.7 Å². The monoisotopic (exact) mass is 392 g/mol. The standard InChI is InChI=1S/C23H24N2O4/c1-2-28-23(27)19-10-6-12-25(15-19)22(26)17-9-5-11-21(13-17)29-16-20-8-4-3-7-18(20)14-24/h3-5,7-9,11,13,19H,2,6,10,12,15-16H2,1H3/t19-/m0/s1. The third-order valence-corrected chi connectivity index (χ3v) is 4.94. The molecule has 0 aliphatic carbocycles. The zero-order valence-electron chi connectivity index (χ0n) is 16.5. The quantitative estimate of drug-likeness (QED) is 0.703. The molecule has 0 unspecified atom stereocenters. The van der Waals surface area contributed by atoms with Crippen LogP contribution in [0.15, 0.2) is 48.5 Å². The normalized spacial score (nSPS) is 16.0. The molecule has 2 aromatic carbocycles. The number of rotatable bonds is 6. The van der Waals surface area contributed by atoms with E-state index in [4.69, 9.17) is 9.47 Å². The number of hydrogen-bond acceptors (Lipinski definition) is 5. The summed E-state index contributed by atoms with van der Waals surface area (Å²) in [5.74, 6) is -0.0720. The SMILES string of the molecule is CCOC(=O)[C@H]1CCCN(C(=O)c2cccc(OCc3ccccc3C#N)c2)C1. The number of nitriles is 1. The van der Waals surface area contributed by atoms with Crippen LogP contribution in [0.5, 0.6) is 5.75 Å². The van der Waals surface area contributed by atoms with Crippen molar-refractivity contribution < 1.29 is 19.1 Å². The number of likely N-dealkylation sites (tertiary alicyclic amines) is 1. The minimum atomic E-state index is -0.269. The van der Waals surface area contributed by atoms with Crippen LogP contribution in [0.25, 0.3) is 0 Å². The molecule has 0 radical (unpaired) electrons. The van der Waals surface area contributed by atoms with Crippen LogP contribution in [0.2, 0.25) is 0 Å². The molecule has 2 aromatic rings. The molecule has 1 saturated heterocycles. The van der Waals surface area contributed by atoms with Gasteiger partial charge < -0.3 is 14.4 Å². The van der Waals surface area contributed by atoms with Gasteiger partial charge in [0.1, 0.15) is 12.4 Å². The second kappa shape index (κ2) is 9.74. The molecule has 1 aliphatic rings. The van der Waals surface area contributed by atoms with E-state index in [1.165, 1.54) is 0 Å². The number of carbonyl (C=O) groups is 2. The Bertz CT molecular complexity index is 919. The summed E-state index contributed by atoms with van der Waals surface area (Å²) in [6, 6.07) is 16.4. The van der Waals surface area contributed by atoms with Gasteiger partial charge in [-0.1, -0.05) is 24.3 Å². The molecule has 0 aromatic heterocycles. The smallest absolute Gasteiger partial charge is 0.310 e. The van der Waals surface area contributed by atoms with Crippen LogP contribution in [0.4, 0.5) is 0 Å². The van der Waals surface area contributed by atoms with Crippen LogP contribution < -0.4 is 4.74 Å². The third-order valence-electron chi connectivity index (χ3n) is 4.94. The topological polar surface area (TPSA) is 79.6 Å². The number of piperidine rings is 1. The first kappa shape index (κ1) is 20.4. The zero-order valence-corrected chi connectivity index (χ0v) is 16.5. The van der Waals surface area contributed by atoms with Gasteiger partial charge in [0.25, 0.3) is 5.91 Å². The molecule has 6 heteroatoms. The number of amides is 1. The minimum absolute atomic E-state index is 0.123. The van der Waals surface area contributed by atoms with Gasteiger partial charge in [-0.05, 0) is 44.0 Å². The summed E-state index contributed by atoms with van der Waals surface area (Å²) in [7, 11) is 0. The lowest BCUT2D eigenvalue weighted by Crippen LogP contribution is -2.42. The Hall–Kier alpha value is -3.33. The molecule has 3 rings (SSSR count). The van der Waals surface area contributed by atoms with Crippen molar-refractivity contribution in [2.45, 2.75) is 26.4 Å². The van der Waals surface area contributed by atoms with Gasteiger partial charge in [0.15, 0.2) is 0 Å². The fraction of sp³-hybridized carbons (Fsp3) is 0.348. The highest BCUT2D eigenvalue weighted by molar-refractivity contribution is 5.95. The van der Waals surface area contributed by atoms with E-state index in [0.29, 0.717) is 36.6 Å². The summed E-state index contributed by atoms with van der Waals surface area (Å²) < 4.78 is 10.9. The number of carbonyl (C=O) groups excluding carboxylic acids is 2. The summed E-state index contributed by atoms with van der Waals surface area (Å²) in [6.07, 6.45) is 1.51. The van der Waals surface area contributed by atoms with Crippen LogP contribution in [-0.4, -0.2) is 36.5 Å². The Labute approximate surface area is 170 Å². The average Bonchev–Trinajstić information content (AvgIpc) is 2.77. The Morgan fingerprint density at radius 1 is 1.21 bits per heavy atom. The first-order valence-corrected chi connectivity index (χ1v) is 9.79.